The quantitative estimate of drug-likeness (QED) is 0.597. The second-order valence-electron chi connectivity index (χ2n) is 7.02. The predicted octanol–water partition coefficient (Wildman–Crippen LogP) is 2.33. The van der Waals surface area contributed by atoms with E-state index in [1.54, 1.807) is 17.7 Å². The van der Waals surface area contributed by atoms with E-state index in [-0.39, 0.29) is 6.04 Å². The molecule has 1 aliphatic carbocycles. The molecule has 0 saturated heterocycles. The first-order valence-electron chi connectivity index (χ1n) is 9.49. The van der Waals surface area contributed by atoms with Crippen molar-refractivity contribution < 1.29 is 14.6 Å². The first-order chi connectivity index (χ1) is 14.1. The Balaban J connectivity index is 1.54. The number of hydrogen-bond acceptors (Lipinski definition) is 7. The van der Waals surface area contributed by atoms with Gasteiger partial charge in [-0.25, -0.2) is 14.8 Å². The van der Waals surface area contributed by atoms with E-state index in [0.717, 1.165) is 50.9 Å². The molecular formula is C20H19N5O3S. The number of anilines is 2. The number of nitrogens with one attached hydrogen (secondary N) is 2. The summed E-state index contributed by atoms with van der Waals surface area (Å²) >= 11 is 1.61. The van der Waals surface area contributed by atoms with Crippen LogP contribution in [0.25, 0.3) is 16.4 Å². The predicted molar refractivity (Wildman–Crippen MR) is 111 cm³/mol. The third-order valence-electron chi connectivity index (χ3n) is 5.20. The van der Waals surface area contributed by atoms with Crippen LogP contribution < -0.4 is 25.9 Å². The Labute approximate surface area is 170 Å². The summed E-state index contributed by atoms with van der Waals surface area (Å²) in [6.07, 6.45) is 4.64. The van der Waals surface area contributed by atoms with Gasteiger partial charge in [-0.05, 0) is 31.4 Å². The average molecular weight is 409 g/mol. The van der Waals surface area contributed by atoms with Crippen molar-refractivity contribution in [3.63, 3.8) is 0 Å². The van der Waals surface area contributed by atoms with E-state index in [1.165, 1.54) is 10.4 Å². The van der Waals surface area contributed by atoms with Crippen LogP contribution in [0.2, 0.25) is 0 Å². The van der Waals surface area contributed by atoms with Gasteiger partial charge in [0.15, 0.2) is 0 Å². The van der Waals surface area contributed by atoms with Gasteiger partial charge in [-0.1, -0.05) is 0 Å². The van der Waals surface area contributed by atoms with Crippen LogP contribution in [0.1, 0.15) is 23.8 Å². The Kier molecular flexibility index (Phi) is 4.31. The molecule has 3 aromatic rings. The SMILES string of the molecule is CCOc1cc2c(cc1Nc1ncnc3sc4c(c13)CCC(NC(=O)O)C4)=CN=2. The molecule has 0 fully saturated rings. The number of thiophene rings is 1. The van der Waals surface area contributed by atoms with Crippen molar-refractivity contribution in [1.82, 2.24) is 15.3 Å². The zero-order chi connectivity index (χ0) is 20.0. The smallest absolute Gasteiger partial charge is 0.404 e. The number of fused-ring (bicyclic) bond motifs is 4. The molecule has 1 unspecified atom stereocenters. The summed E-state index contributed by atoms with van der Waals surface area (Å²) in [6, 6.07) is 3.90. The highest BCUT2D eigenvalue weighted by atomic mass is 32.1. The molecule has 1 amide bonds. The lowest BCUT2D eigenvalue weighted by Crippen LogP contribution is -2.37. The molecule has 9 heteroatoms. The van der Waals surface area contributed by atoms with Gasteiger partial charge >= 0.3 is 6.09 Å². The Morgan fingerprint density at radius 2 is 2.28 bits per heavy atom. The fraction of sp³-hybridized carbons (Fsp3) is 0.300. The molecule has 2 aliphatic rings. The molecule has 0 bridgehead atoms. The highest BCUT2D eigenvalue weighted by Gasteiger charge is 2.26. The Bertz CT molecular complexity index is 1250. The minimum absolute atomic E-state index is 0.0609. The van der Waals surface area contributed by atoms with Crippen LogP contribution in [-0.4, -0.2) is 33.8 Å². The van der Waals surface area contributed by atoms with Gasteiger partial charge in [-0.15, -0.1) is 11.3 Å². The van der Waals surface area contributed by atoms with Crippen LogP contribution in [0.15, 0.2) is 23.5 Å². The van der Waals surface area contributed by atoms with Gasteiger partial charge in [0, 0.05) is 34.8 Å². The Morgan fingerprint density at radius 3 is 3.03 bits per heavy atom. The molecule has 5 rings (SSSR count). The van der Waals surface area contributed by atoms with Crippen LogP contribution >= 0.6 is 11.3 Å². The van der Waals surface area contributed by atoms with Crippen LogP contribution in [0, 0.1) is 0 Å². The lowest BCUT2D eigenvalue weighted by Gasteiger charge is -2.22. The van der Waals surface area contributed by atoms with Gasteiger partial charge in [0.25, 0.3) is 0 Å². The zero-order valence-corrected chi connectivity index (χ0v) is 16.5. The van der Waals surface area contributed by atoms with Crippen molar-refractivity contribution in [1.29, 1.82) is 0 Å². The van der Waals surface area contributed by atoms with E-state index >= 15 is 0 Å². The molecule has 2 aromatic heterocycles. The molecule has 0 saturated carbocycles. The van der Waals surface area contributed by atoms with Crippen LogP contribution in [0.3, 0.4) is 0 Å². The molecule has 1 aliphatic heterocycles. The number of aryl methyl sites for hydroxylation is 1. The van der Waals surface area contributed by atoms with Crippen molar-refractivity contribution in [2.45, 2.75) is 32.2 Å². The van der Waals surface area contributed by atoms with Crippen LogP contribution in [0.5, 0.6) is 5.75 Å². The summed E-state index contributed by atoms with van der Waals surface area (Å²) in [5.41, 5.74) is 2.05. The molecule has 29 heavy (non-hydrogen) atoms. The van der Waals surface area contributed by atoms with Crippen molar-refractivity contribution in [3.05, 3.63) is 39.5 Å². The summed E-state index contributed by atoms with van der Waals surface area (Å²) in [7, 11) is 0. The highest BCUT2D eigenvalue weighted by Crippen LogP contribution is 2.39. The number of nitrogens with zero attached hydrogens (tertiary/aromatic N) is 3. The number of carbonyl (C=O) groups is 1. The van der Waals surface area contributed by atoms with E-state index in [1.807, 2.05) is 25.3 Å². The zero-order valence-electron chi connectivity index (χ0n) is 15.7. The van der Waals surface area contributed by atoms with Gasteiger partial charge in [-0.2, -0.15) is 0 Å². The number of benzene rings is 1. The molecule has 148 valence electrons. The molecular weight excluding hydrogens is 390 g/mol. The highest BCUT2D eigenvalue weighted by molar-refractivity contribution is 7.19. The van der Waals surface area contributed by atoms with Gasteiger partial charge in [0.1, 0.15) is 22.7 Å². The number of hydrogen-bond donors (Lipinski definition) is 3. The van der Waals surface area contributed by atoms with Crippen LogP contribution in [-0.2, 0) is 12.8 Å². The van der Waals surface area contributed by atoms with Crippen molar-refractivity contribution in [3.8, 4) is 5.75 Å². The number of carboxylic acid groups (broad SMARTS) is 1. The minimum atomic E-state index is -0.977. The topological polar surface area (TPSA) is 109 Å². The van der Waals surface area contributed by atoms with Crippen molar-refractivity contribution in [2.75, 3.05) is 11.9 Å². The minimum Gasteiger partial charge on any atom is -0.492 e. The fourth-order valence-corrected chi connectivity index (χ4v) is 5.14. The van der Waals surface area contributed by atoms with Crippen LogP contribution in [0.4, 0.5) is 16.3 Å². The van der Waals surface area contributed by atoms with E-state index in [2.05, 4.69) is 25.6 Å². The monoisotopic (exact) mass is 409 g/mol. The first kappa shape index (κ1) is 17.9. The normalized spacial score (nSPS) is 16.7. The molecule has 1 atom stereocenters. The number of aromatic nitrogens is 2. The van der Waals surface area contributed by atoms with E-state index in [4.69, 9.17) is 9.84 Å². The maximum absolute atomic E-state index is 11.0. The van der Waals surface area contributed by atoms with Gasteiger partial charge in [0.2, 0.25) is 0 Å². The molecule has 3 N–H and O–H groups in total. The maximum atomic E-state index is 11.0. The fourth-order valence-electron chi connectivity index (χ4n) is 3.88. The number of ether oxygens (including phenoxy) is 1. The van der Waals surface area contributed by atoms with Gasteiger partial charge in [-0.3, -0.25) is 4.99 Å². The second kappa shape index (κ2) is 7.00. The average Bonchev–Trinajstić information content (AvgIpc) is 3.04. The first-order valence-corrected chi connectivity index (χ1v) is 10.3. The number of rotatable bonds is 5. The largest absolute Gasteiger partial charge is 0.492 e. The van der Waals surface area contributed by atoms with E-state index in [0.29, 0.717) is 13.0 Å². The maximum Gasteiger partial charge on any atom is 0.404 e. The Hall–Kier alpha value is -3.20. The molecule has 0 spiro atoms. The molecule has 0 radical (unpaired) electrons. The van der Waals surface area contributed by atoms with Gasteiger partial charge in [0.05, 0.1) is 23.0 Å². The lowest BCUT2D eigenvalue weighted by molar-refractivity contribution is 0.188. The third-order valence-corrected chi connectivity index (χ3v) is 6.36. The third kappa shape index (κ3) is 3.17. The molecule has 1 aromatic carbocycles. The summed E-state index contributed by atoms with van der Waals surface area (Å²) in [5, 5.41) is 18.1. The van der Waals surface area contributed by atoms with Crippen molar-refractivity contribution in [2.24, 2.45) is 4.99 Å². The lowest BCUT2D eigenvalue weighted by atomic mass is 9.93. The summed E-state index contributed by atoms with van der Waals surface area (Å²) in [6.45, 7) is 2.51. The number of amides is 1. The van der Waals surface area contributed by atoms with E-state index in [9.17, 15) is 4.79 Å². The second-order valence-corrected chi connectivity index (χ2v) is 8.10. The Morgan fingerprint density at radius 1 is 1.38 bits per heavy atom. The van der Waals surface area contributed by atoms with Gasteiger partial charge < -0.3 is 20.5 Å². The summed E-state index contributed by atoms with van der Waals surface area (Å²) in [4.78, 5) is 26.3. The molecule has 8 nitrogen and oxygen atoms in total. The summed E-state index contributed by atoms with van der Waals surface area (Å²) < 4.78 is 5.80. The van der Waals surface area contributed by atoms with Crippen molar-refractivity contribution >= 4 is 45.4 Å². The summed E-state index contributed by atoms with van der Waals surface area (Å²) in [5.74, 6) is 1.49. The molecule has 3 heterocycles. The van der Waals surface area contributed by atoms with E-state index < -0.39 is 6.09 Å². The standard InChI is InChI=1S/C20H19N5O3S/c1-2-28-15-7-13-10(8-21-13)5-14(15)25-18-17-12-4-3-11(24-20(26)27)6-16(12)29-19(17)23-9-22-18/h5,7-9,11,24H,2-4,6H2,1H3,(H,26,27)(H,22,23,25).